The minimum Gasteiger partial charge on any atom is -0.356 e. The Hall–Kier alpha value is -2.70. The van der Waals surface area contributed by atoms with Gasteiger partial charge in [-0.25, -0.2) is 0 Å². The van der Waals surface area contributed by atoms with Gasteiger partial charge in [0.2, 0.25) is 5.91 Å². The predicted octanol–water partition coefficient (Wildman–Crippen LogP) is 3.77. The van der Waals surface area contributed by atoms with Gasteiger partial charge in [-0.3, -0.25) is 4.79 Å². The number of likely N-dealkylation sites (tertiary alicyclic amines) is 1. The van der Waals surface area contributed by atoms with E-state index in [4.69, 9.17) is 4.52 Å². The number of fused-ring (bicyclic) bond motifs is 1. The first-order valence-corrected chi connectivity index (χ1v) is 11.9. The van der Waals surface area contributed by atoms with Crippen LogP contribution in [0.4, 0.5) is 0 Å². The summed E-state index contributed by atoms with van der Waals surface area (Å²) >= 11 is 0. The van der Waals surface area contributed by atoms with Gasteiger partial charge in [-0.1, -0.05) is 47.6 Å². The predicted molar refractivity (Wildman–Crippen MR) is 127 cm³/mol. The molecule has 2 heterocycles. The van der Waals surface area contributed by atoms with Gasteiger partial charge >= 0.3 is 0 Å². The molecule has 1 saturated heterocycles. The van der Waals surface area contributed by atoms with E-state index >= 15 is 0 Å². The van der Waals surface area contributed by atoms with E-state index in [2.05, 4.69) is 46.1 Å². The number of carbonyl (C=O) groups is 1. The summed E-state index contributed by atoms with van der Waals surface area (Å²) in [6.07, 6.45) is 4.82. The number of piperidine rings is 1. The maximum absolute atomic E-state index is 12.7. The van der Waals surface area contributed by atoms with Gasteiger partial charge in [0.1, 0.15) is 5.69 Å². The quantitative estimate of drug-likeness (QED) is 0.450. The van der Waals surface area contributed by atoms with Crippen molar-refractivity contribution in [2.45, 2.75) is 38.6 Å². The summed E-state index contributed by atoms with van der Waals surface area (Å²) in [4.78, 5) is 14.7. The Labute approximate surface area is 190 Å². The standard InChI is InChI=1S/C26H34N4O2/c31-26(18-24-23-10-4-5-11-25(23)32-29-24)30-16-12-22(13-17-30)20-28-15-7-6-14-27-19-21-8-2-1-3-9-21/h1-5,8-11,22,27-28H,6-7,12-20H2. The maximum atomic E-state index is 12.7. The van der Waals surface area contributed by atoms with Gasteiger partial charge in [0.25, 0.3) is 0 Å². The van der Waals surface area contributed by atoms with E-state index in [0.717, 1.165) is 68.8 Å². The minimum atomic E-state index is 0.151. The highest BCUT2D eigenvalue weighted by molar-refractivity contribution is 5.86. The summed E-state index contributed by atoms with van der Waals surface area (Å²) in [5.41, 5.74) is 2.82. The monoisotopic (exact) mass is 434 g/mol. The number of nitrogens with one attached hydrogen (secondary N) is 2. The molecule has 6 heteroatoms. The van der Waals surface area contributed by atoms with E-state index < -0.39 is 0 Å². The van der Waals surface area contributed by atoms with Gasteiger partial charge in [0.05, 0.1) is 6.42 Å². The lowest BCUT2D eigenvalue weighted by Gasteiger charge is -2.32. The number of aromatic nitrogens is 1. The van der Waals surface area contributed by atoms with Crippen LogP contribution < -0.4 is 10.6 Å². The first-order chi connectivity index (χ1) is 15.8. The molecule has 170 valence electrons. The molecule has 1 fully saturated rings. The Balaban J connectivity index is 1.05. The molecule has 3 aromatic rings. The number of nitrogens with zero attached hydrogens (tertiary/aromatic N) is 2. The smallest absolute Gasteiger partial charge is 0.228 e. The molecule has 2 aromatic carbocycles. The van der Waals surface area contributed by atoms with Gasteiger partial charge in [0.15, 0.2) is 5.58 Å². The van der Waals surface area contributed by atoms with Gasteiger partial charge < -0.3 is 20.1 Å². The summed E-state index contributed by atoms with van der Waals surface area (Å²) in [6, 6.07) is 18.3. The van der Waals surface area contributed by atoms with Crippen molar-refractivity contribution in [3.8, 4) is 0 Å². The first-order valence-electron chi connectivity index (χ1n) is 11.9. The van der Waals surface area contributed by atoms with Crippen molar-refractivity contribution in [3.63, 3.8) is 0 Å². The van der Waals surface area contributed by atoms with Crippen molar-refractivity contribution in [2.75, 3.05) is 32.7 Å². The van der Waals surface area contributed by atoms with Crippen molar-refractivity contribution in [1.82, 2.24) is 20.7 Å². The molecule has 2 N–H and O–H groups in total. The Kier molecular flexibility index (Phi) is 8.29. The fourth-order valence-electron chi connectivity index (χ4n) is 4.34. The molecule has 32 heavy (non-hydrogen) atoms. The average molecular weight is 435 g/mol. The third-order valence-electron chi connectivity index (χ3n) is 6.30. The van der Waals surface area contributed by atoms with Crippen molar-refractivity contribution >= 4 is 16.9 Å². The Morgan fingerprint density at radius 2 is 1.69 bits per heavy atom. The molecule has 1 aliphatic rings. The molecule has 0 unspecified atom stereocenters. The summed E-state index contributed by atoms with van der Waals surface area (Å²) < 4.78 is 5.33. The second-order valence-corrected chi connectivity index (χ2v) is 8.70. The van der Waals surface area contributed by atoms with E-state index in [1.54, 1.807) is 0 Å². The highest BCUT2D eigenvalue weighted by Gasteiger charge is 2.24. The average Bonchev–Trinajstić information content (AvgIpc) is 3.24. The topological polar surface area (TPSA) is 70.4 Å². The van der Waals surface area contributed by atoms with Crippen LogP contribution in [0.5, 0.6) is 0 Å². The number of carbonyl (C=O) groups excluding carboxylic acids is 1. The molecule has 0 atom stereocenters. The van der Waals surface area contributed by atoms with Crippen molar-refractivity contribution in [2.24, 2.45) is 5.92 Å². The van der Waals surface area contributed by atoms with Crippen LogP contribution in [0.1, 0.15) is 36.9 Å². The van der Waals surface area contributed by atoms with E-state index in [0.29, 0.717) is 12.3 Å². The SMILES string of the molecule is O=C(Cc1noc2ccccc12)N1CCC(CNCCCCNCc2ccccc2)CC1. The summed E-state index contributed by atoms with van der Waals surface area (Å²) in [6.45, 7) is 5.78. The molecule has 4 rings (SSSR count). The summed E-state index contributed by atoms with van der Waals surface area (Å²) in [5.74, 6) is 0.807. The molecule has 1 amide bonds. The van der Waals surface area contributed by atoms with Crippen LogP contribution in [0.25, 0.3) is 11.0 Å². The molecule has 0 saturated carbocycles. The largest absolute Gasteiger partial charge is 0.356 e. The van der Waals surface area contributed by atoms with Gasteiger partial charge in [-0.15, -0.1) is 0 Å². The second kappa shape index (κ2) is 11.8. The highest BCUT2D eigenvalue weighted by Crippen LogP contribution is 2.21. The molecular weight excluding hydrogens is 400 g/mol. The first kappa shape index (κ1) is 22.5. The molecule has 0 bridgehead atoms. The van der Waals surface area contributed by atoms with Gasteiger partial charge in [0, 0.05) is 25.0 Å². The zero-order valence-electron chi connectivity index (χ0n) is 18.8. The lowest BCUT2D eigenvalue weighted by atomic mass is 9.96. The Morgan fingerprint density at radius 3 is 2.50 bits per heavy atom. The summed E-state index contributed by atoms with van der Waals surface area (Å²) in [7, 11) is 0. The number of benzene rings is 2. The highest BCUT2D eigenvalue weighted by atomic mass is 16.5. The molecule has 1 aliphatic heterocycles. The number of hydrogen-bond donors (Lipinski definition) is 2. The molecule has 0 spiro atoms. The van der Waals surface area contributed by atoms with Crippen LogP contribution in [0.3, 0.4) is 0 Å². The number of hydrogen-bond acceptors (Lipinski definition) is 5. The second-order valence-electron chi connectivity index (χ2n) is 8.70. The number of unbranched alkanes of at least 4 members (excludes halogenated alkanes) is 1. The van der Waals surface area contributed by atoms with E-state index in [1.165, 1.54) is 18.4 Å². The number of amides is 1. The third-order valence-corrected chi connectivity index (χ3v) is 6.30. The van der Waals surface area contributed by atoms with Crippen LogP contribution >= 0.6 is 0 Å². The molecular formula is C26H34N4O2. The Bertz CT molecular complexity index is 964. The van der Waals surface area contributed by atoms with Crippen LogP contribution in [-0.4, -0.2) is 48.7 Å². The lowest BCUT2D eigenvalue weighted by Crippen LogP contribution is -2.41. The van der Waals surface area contributed by atoms with Crippen molar-refractivity contribution in [1.29, 1.82) is 0 Å². The van der Waals surface area contributed by atoms with E-state index in [9.17, 15) is 4.79 Å². The van der Waals surface area contributed by atoms with Crippen LogP contribution in [0.2, 0.25) is 0 Å². The van der Waals surface area contributed by atoms with Crippen LogP contribution in [0.15, 0.2) is 59.1 Å². The van der Waals surface area contributed by atoms with E-state index in [-0.39, 0.29) is 5.91 Å². The van der Waals surface area contributed by atoms with E-state index in [1.807, 2.05) is 29.2 Å². The zero-order chi connectivity index (χ0) is 22.0. The normalized spacial score (nSPS) is 14.8. The Morgan fingerprint density at radius 1 is 0.969 bits per heavy atom. The minimum absolute atomic E-state index is 0.151. The van der Waals surface area contributed by atoms with Crippen LogP contribution in [0, 0.1) is 5.92 Å². The molecule has 0 radical (unpaired) electrons. The molecule has 0 aliphatic carbocycles. The maximum Gasteiger partial charge on any atom is 0.228 e. The molecule has 6 nitrogen and oxygen atoms in total. The number of rotatable bonds is 11. The number of para-hydroxylation sites is 1. The fraction of sp³-hybridized carbons (Fsp3) is 0.462. The zero-order valence-corrected chi connectivity index (χ0v) is 18.8. The van der Waals surface area contributed by atoms with Gasteiger partial charge in [-0.2, -0.15) is 0 Å². The van der Waals surface area contributed by atoms with Gasteiger partial charge in [-0.05, 0) is 68.9 Å². The third kappa shape index (κ3) is 6.40. The van der Waals surface area contributed by atoms with Crippen molar-refractivity contribution in [3.05, 3.63) is 65.9 Å². The van der Waals surface area contributed by atoms with Crippen LogP contribution in [-0.2, 0) is 17.8 Å². The van der Waals surface area contributed by atoms with Crippen molar-refractivity contribution < 1.29 is 9.32 Å². The lowest BCUT2D eigenvalue weighted by molar-refractivity contribution is -0.131. The summed E-state index contributed by atoms with van der Waals surface area (Å²) in [5, 5.41) is 12.2. The fourth-order valence-corrected chi connectivity index (χ4v) is 4.34. The molecule has 1 aromatic heterocycles.